The van der Waals surface area contributed by atoms with Gasteiger partial charge in [0, 0.05) is 5.02 Å². The summed E-state index contributed by atoms with van der Waals surface area (Å²) >= 11 is 12.7. The second-order valence-corrected chi connectivity index (χ2v) is 5.65. The van der Waals surface area contributed by atoms with Crippen molar-refractivity contribution in [2.24, 2.45) is 0 Å². The van der Waals surface area contributed by atoms with E-state index in [1.54, 1.807) is 19.1 Å². The summed E-state index contributed by atoms with van der Waals surface area (Å²) in [6.07, 6.45) is 0.410. The Morgan fingerprint density at radius 1 is 1.32 bits per heavy atom. The zero-order valence-corrected chi connectivity index (χ0v) is 12.7. The third-order valence-corrected chi connectivity index (χ3v) is 3.90. The lowest BCUT2D eigenvalue weighted by Crippen LogP contribution is -2.17. The first-order chi connectivity index (χ1) is 9.02. The van der Waals surface area contributed by atoms with Crippen LogP contribution < -0.4 is 0 Å². The highest BCUT2D eigenvalue weighted by Crippen LogP contribution is 2.17. The molecule has 0 fully saturated rings. The number of alkyl halides is 1. The first-order valence-corrected chi connectivity index (χ1v) is 7.53. The largest absolute Gasteiger partial charge is 0.465 e. The highest BCUT2D eigenvalue weighted by atomic mass is 35.5. The van der Waals surface area contributed by atoms with Crippen molar-refractivity contribution in [3.63, 3.8) is 0 Å². The molecule has 19 heavy (non-hydrogen) atoms. The van der Waals surface area contributed by atoms with Crippen molar-refractivity contribution in [1.29, 1.82) is 0 Å². The van der Waals surface area contributed by atoms with Gasteiger partial charge >= 0.3 is 5.97 Å². The highest BCUT2D eigenvalue weighted by Gasteiger charge is 2.18. The van der Waals surface area contributed by atoms with Gasteiger partial charge in [0.15, 0.2) is 0 Å². The SMILES string of the molecule is CCOC(=O)CSC(=O)C(Cl)Cc1ccc(Cl)cc1. The minimum atomic E-state index is -0.666. The first-order valence-electron chi connectivity index (χ1n) is 5.73. The van der Waals surface area contributed by atoms with E-state index < -0.39 is 11.3 Å². The molecule has 0 aromatic heterocycles. The molecule has 6 heteroatoms. The van der Waals surface area contributed by atoms with Gasteiger partial charge in [0.1, 0.15) is 5.38 Å². The average molecular weight is 321 g/mol. The van der Waals surface area contributed by atoms with Crippen molar-refractivity contribution in [2.45, 2.75) is 18.7 Å². The number of hydrogen-bond acceptors (Lipinski definition) is 4. The van der Waals surface area contributed by atoms with Gasteiger partial charge in [0.05, 0.1) is 12.4 Å². The van der Waals surface area contributed by atoms with E-state index in [2.05, 4.69) is 0 Å². The molecule has 0 bridgehead atoms. The molecule has 104 valence electrons. The molecule has 0 saturated heterocycles. The van der Waals surface area contributed by atoms with E-state index in [4.69, 9.17) is 27.9 Å². The van der Waals surface area contributed by atoms with Crippen LogP contribution in [0.25, 0.3) is 0 Å². The molecule has 0 saturated carbocycles. The summed E-state index contributed by atoms with van der Waals surface area (Å²) in [6.45, 7) is 2.03. The van der Waals surface area contributed by atoms with Gasteiger partial charge in [-0.15, -0.1) is 11.6 Å². The summed E-state index contributed by atoms with van der Waals surface area (Å²) in [7, 11) is 0. The van der Waals surface area contributed by atoms with Gasteiger partial charge in [-0.1, -0.05) is 35.5 Å². The van der Waals surface area contributed by atoms with Crippen molar-refractivity contribution in [1.82, 2.24) is 0 Å². The minimum absolute atomic E-state index is 0.00346. The lowest BCUT2D eigenvalue weighted by molar-refractivity contribution is -0.140. The molecule has 0 aliphatic carbocycles. The van der Waals surface area contributed by atoms with E-state index in [1.165, 1.54) is 0 Å². The molecule has 0 spiro atoms. The number of hydrogen-bond donors (Lipinski definition) is 0. The van der Waals surface area contributed by atoms with Gasteiger partial charge in [0.25, 0.3) is 0 Å². The number of rotatable bonds is 6. The van der Waals surface area contributed by atoms with Crippen molar-refractivity contribution in [3.05, 3.63) is 34.9 Å². The topological polar surface area (TPSA) is 43.4 Å². The fraction of sp³-hybridized carbons (Fsp3) is 0.385. The fourth-order valence-corrected chi connectivity index (χ4v) is 2.43. The molecular formula is C13H14Cl2O3S. The molecule has 0 aliphatic rings. The number of thioether (sulfide) groups is 1. The number of ether oxygens (including phenoxy) is 1. The first kappa shape index (κ1) is 16.3. The van der Waals surface area contributed by atoms with E-state index in [-0.39, 0.29) is 10.9 Å². The van der Waals surface area contributed by atoms with Crippen LogP contribution in [0.5, 0.6) is 0 Å². The second-order valence-electron chi connectivity index (χ2n) is 3.71. The molecule has 1 atom stereocenters. The van der Waals surface area contributed by atoms with E-state index >= 15 is 0 Å². The Labute approximate surface area is 126 Å². The van der Waals surface area contributed by atoms with Crippen LogP contribution in [-0.4, -0.2) is 28.8 Å². The molecule has 1 aromatic carbocycles. The highest BCUT2D eigenvalue weighted by molar-refractivity contribution is 8.14. The van der Waals surface area contributed by atoms with Gasteiger partial charge in [-0.25, -0.2) is 0 Å². The zero-order valence-electron chi connectivity index (χ0n) is 10.4. The molecule has 3 nitrogen and oxygen atoms in total. The molecule has 0 N–H and O–H groups in total. The summed E-state index contributed by atoms with van der Waals surface area (Å²) in [5, 5.41) is -0.261. The second kappa shape index (κ2) is 8.46. The summed E-state index contributed by atoms with van der Waals surface area (Å²) in [6, 6.07) is 7.13. The number of carbonyl (C=O) groups is 2. The number of esters is 1. The lowest BCUT2D eigenvalue weighted by Gasteiger charge is -2.08. The summed E-state index contributed by atoms with van der Waals surface area (Å²) < 4.78 is 4.73. The van der Waals surface area contributed by atoms with Gasteiger partial charge in [-0.05, 0) is 31.0 Å². The Hall–Kier alpha value is -0.710. The Balaban J connectivity index is 2.40. The molecule has 1 rings (SSSR count). The Morgan fingerprint density at radius 2 is 1.95 bits per heavy atom. The monoisotopic (exact) mass is 320 g/mol. The summed E-state index contributed by atoms with van der Waals surface area (Å²) in [4.78, 5) is 22.8. The molecule has 0 aliphatic heterocycles. The number of halogens is 2. The number of benzene rings is 1. The van der Waals surface area contributed by atoms with E-state index in [0.717, 1.165) is 17.3 Å². The third-order valence-electron chi connectivity index (χ3n) is 2.22. The third kappa shape index (κ3) is 6.32. The molecular weight excluding hydrogens is 307 g/mol. The Kier molecular flexibility index (Phi) is 7.28. The van der Waals surface area contributed by atoms with Crippen LogP contribution in [0, 0.1) is 0 Å². The van der Waals surface area contributed by atoms with Crippen molar-refractivity contribution in [3.8, 4) is 0 Å². The minimum Gasteiger partial charge on any atom is -0.465 e. The molecule has 0 amide bonds. The Bertz CT molecular complexity index is 434. The molecule has 1 unspecified atom stereocenters. The van der Waals surface area contributed by atoms with Crippen LogP contribution in [0.15, 0.2) is 24.3 Å². The smallest absolute Gasteiger partial charge is 0.316 e. The Morgan fingerprint density at radius 3 is 2.53 bits per heavy atom. The van der Waals surface area contributed by atoms with Crippen LogP contribution in [0.2, 0.25) is 5.02 Å². The van der Waals surface area contributed by atoms with E-state index in [1.807, 2.05) is 12.1 Å². The summed E-state index contributed by atoms with van der Waals surface area (Å²) in [5.41, 5.74) is 0.925. The van der Waals surface area contributed by atoms with Gasteiger partial charge in [-0.3, -0.25) is 9.59 Å². The maximum absolute atomic E-state index is 11.7. The fourth-order valence-electron chi connectivity index (χ4n) is 1.33. The predicted molar refractivity (Wildman–Crippen MR) is 78.9 cm³/mol. The van der Waals surface area contributed by atoms with Crippen LogP contribution in [0.3, 0.4) is 0 Å². The lowest BCUT2D eigenvalue weighted by atomic mass is 10.1. The normalized spacial score (nSPS) is 11.9. The van der Waals surface area contributed by atoms with Crippen molar-refractivity contribution >= 4 is 46.0 Å². The standard InChI is InChI=1S/C13H14Cl2O3S/c1-2-18-12(16)8-19-13(17)11(15)7-9-3-5-10(14)6-4-9/h3-6,11H,2,7-8H2,1H3. The zero-order chi connectivity index (χ0) is 14.3. The van der Waals surface area contributed by atoms with Crippen molar-refractivity contribution in [2.75, 3.05) is 12.4 Å². The number of carbonyl (C=O) groups excluding carboxylic acids is 2. The van der Waals surface area contributed by atoms with Crippen LogP contribution in [0.1, 0.15) is 12.5 Å². The van der Waals surface area contributed by atoms with Gasteiger partial charge in [-0.2, -0.15) is 0 Å². The van der Waals surface area contributed by atoms with E-state index in [9.17, 15) is 9.59 Å². The van der Waals surface area contributed by atoms with E-state index in [0.29, 0.717) is 18.1 Å². The van der Waals surface area contributed by atoms with Crippen LogP contribution >= 0.6 is 35.0 Å². The predicted octanol–water partition coefficient (Wildman–Crippen LogP) is 3.31. The maximum Gasteiger partial charge on any atom is 0.316 e. The molecule has 0 radical (unpaired) electrons. The summed E-state index contributed by atoms with van der Waals surface area (Å²) in [5.74, 6) is -0.410. The van der Waals surface area contributed by atoms with Gasteiger partial charge < -0.3 is 4.74 Å². The van der Waals surface area contributed by atoms with Crippen LogP contribution in [0.4, 0.5) is 0 Å². The quantitative estimate of drug-likeness (QED) is 0.595. The van der Waals surface area contributed by atoms with Crippen molar-refractivity contribution < 1.29 is 14.3 Å². The van der Waals surface area contributed by atoms with Crippen LogP contribution in [-0.2, 0) is 20.7 Å². The van der Waals surface area contributed by atoms with Gasteiger partial charge in [0.2, 0.25) is 5.12 Å². The molecule has 1 aromatic rings. The molecule has 0 heterocycles. The maximum atomic E-state index is 11.7. The average Bonchev–Trinajstić information content (AvgIpc) is 2.39.